The summed E-state index contributed by atoms with van der Waals surface area (Å²) in [5.41, 5.74) is 2.11. The minimum absolute atomic E-state index is 0.161. The molecule has 3 rings (SSSR count). The number of hydrogen-bond donors (Lipinski definition) is 1. The van der Waals surface area contributed by atoms with Gasteiger partial charge in [0.25, 0.3) is 0 Å². The van der Waals surface area contributed by atoms with Crippen LogP contribution in [0.1, 0.15) is 49.8 Å². The summed E-state index contributed by atoms with van der Waals surface area (Å²) in [4.78, 5) is 19.8. The summed E-state index contributed by atoms with van der Waals surface area (Å²) < 4.78 is 5.24. The molecule has 0 spiro atoms. The predicted octanol–water partition coefficient (Wildman–Crippen LogP) is 3.75. The van der Waals surface area contributed by atoms with Crippen molar-refractivity contribution in [2.75, 3.05) is 20.2 Å². The Morgan fingerprint density at radius 3 is 2.75 bits per heavy atom. The minimum Gasteiger partial charge on any atom is -0.497 e. The Morgan fingerprint density at radius 1 is 1.21 bits per heavy atom. The monoisotopic (exact) mass is 381 g/mol. The topological polar surface area (TPSA) is 54.5 Å². The van der Waals surface area contributed by atoms with E-state index in [1.54, 1.807) is 13.3 Å². The highest BCUT2D eigenvalue weighted by molar-refractivity contribution is 5.77. The van der Waals surface area contributed by atoms with E-state index in [1.165, 1.54) is 0 Å². The minimum atomic E-state index is 0.161. The average Bonchev–Trinajstić information content (AvgIpc) is 3.02. The number of carbonyl (C=O) groups excluding carboxylic acids is 1. The van der Waals surface area contributed by atoms with Crippen LogP contribution in [-0.2, 0) is 11.3 Å². The Morgan fingerprint density at radius 2 is 2.04 bits per heavy atom. The molecular formula is C23H31N3O2. The Hall–Kier alpha value is -2.40. The number of amides is 1. The number of carbonyl (C=O) groups is 1. The van der Waals surface area contributed by atoms with E-state index >= 15 is 0 Å². The number of ether oxygens (including phenoxy) is 1. The second-order valence-corrected chi connectivity index (χ2v) is 7.56. The number of rotatable bonds is 7. The molecule has 2 atom stereocenters. The van der Waals surface area contributed by atoms with E-state index in [0.717, 1.165) is 49.4 Å². The first-order chi connectivity index (χ1) is 13.7. The summed E-state index contributed by atoms with van der Waals surface area (Å²) in [6, 6.07) is 14.2. The van der Waals surface area contributed by atoms with Crippen LogP contribution in [0.4, 0.5) is 0 Å². The second kappa shape index (κ2) is 10.2. The van der Waals surface area contributed by atoms with Crippen LogP contribution in [0.3, 0.4) is 0 Å². The lowest BCUT2D eigenvalue weighted by Gasteiger charge is -2.32. The molecule has 28 heavy (non-hydrogen) atoms. The maximum absolute atomic E-state index is 13.3. The third-order valence-electron chi connectivity index (χ3n) is 5.53. The van der Waals surface area contributed by atoms with Gasteiger partial charge in [-0.15, -0.1) is 0 Å². The number of hydrogen-bond acceptors (Lipinski definition) is 4. The van der Waals surface area contributed by atoms with Crippen LogP contribution >= 0.6 is 0 Å². The van der Waals surface area contributed by atoms with Gasteiger partial charge in [-0.3, -0.25) is 9.78 Å². The largest absolute Gasteiger partial charge is 0.497 e. The number of pyridine rings is 1. The number of nitrogens with one attached hydrogen (secondary N) is 1. The summed E-state index contributed by atoms with van der Waals surface area (Å²) in [5, 5.41) is 3.45. The molecule has 5 heteroatoms. The predicted molar refractivity (Wildman–Crippen MR) is 111 cm³/mol. The van der Waals surface area contributed by atoms with Crippen LogP contribution in [-0.4, -0.2) is 42.0 Å². The van der Waals surface area contributed by atoms with E-state index < -0.39 is 0 Å². The van der Waals surface area contributed by atoms with Crippen molar-refractivity contribution in [2.24, 2.45) is 0 Å². The van der Waals surface area contributed by atoms with Gasteiger partial charge in [-0.1, -0.05) is 25.1 Å². The van der Waals surface area contributed by atoms with Crippen molar-refractivity contribution >= 4 is 5.91 Å². The summed E-state index contributed by atoms with van der Waals surface area (Å²) in [6.45, 7) is 4.70. The molecule has 2 unspecified atom stereocenters. The molecule has 0 aliphatic carbocycles. The van der Waals surface area contributed by atoms with E-state index in [9.17, 15) is 4.79 Å². The van der Waals surface area contributed by atoms with E-state index in [0.29, 0.717) is 13.0 Å². The van der Waals surface area contributed by atoms with E-state index in [2.05, 4.69) is 34.3 Å². The zero-order valence-electron chi connectivity index (χ0n) is 16.9. The van der Waals surface area contributed by atoms with Crippen LogP contribution in [0.5, 0.6) is 5.75 Å². The van der Waals surface area contributed by atoms with E-state index in [-0.39, 0.29) is 17.9 Å². The van der Waals surface area contributed by atoms with E-state index in [1.807, 2.05) is 30.3 Å². The first-order valence-electron chi connectivity index (χ1n) is 10.2. The molecule has 1 N–H and O–H groups in total. The lowest BCUT2D eigenvalue weighted by atomic mass is 9.96. The molecule has 5 nitrogen and oxygen atoms in total. The summed E-state index contributed by atoms with van der Waals surface area (Å²) in [7, 11) is 1.67. The Labute approximate surface area is 168 Å². The molecule has 150 valence electrons. The standard InChI is InChI=1S/C23H31N3O2/c1-18(19-8-10-22(28-2)11-9-19)16-23(27)26(17-20-6-3-4-14-25-20)21-7-5-13-24-15-12-21/h3-4,6,8-11,14,18,21,24H,5,7,12-13,15-17H2,1-2H3. The SMILES string of the molecule is COc1ccc(C(C)CC(=O)N(Cc2ccccn2)C2CCCNCC2)cc1. The second-order valence-electron chi connectivity index (χ2n) is 7.56. The number of methoxy groups -OCH3 is 1. The van der Waals surface area contributed by atoms with Crippen molar-refractivity contribution in [2.45, 2.75) is 51.1 Å². The van der Waals surface area contributed by atoms with E-state index in [4.69, 9.17) is 4.74 Å². The third-order valence-corrected chi connectivity index (χ3v) is 5.53. The zero-order chi connectivity index (χ0) is 19.8. The molecule has 1 aromatic carbocycles. The first-order valence-corrected chi connectivity index (χ1v) is 10.2. The molecule has 2 aromatic rings. The number of benzene rings is 1. The first kappa shape index (κ1) is 20.3. The van der Waals surface area contributed by atoms with Gasteiger partial charge in [0, 0.05) is 18.7 Å². The normalized spacial score (nSPS) is 18.1. The molecule has 0 radical (unpaired) electrons. The number of nitrogens with zero attached hydrogens (tertiary/aromatic N) is 2. The third kappa shape index (κ3) is 5.55. The fraction of sp³-hybridized carbons (Fsp3) is 0.478. The maximum Gasteiger partial charge on any atom is 0.223 e. The van der Waals surface area contributed by atoms with Crippen LogP contribution in [0.2, 0.25) is 0 Å². The summed E-state index contributed by atoms with van der Waals surface area (Å²) >= 11 is 0. The molecule has 1 aliphatic rings. The molecule has 1 saturated heterocycles. The highest BCUT2D eigenvalue weighted by Gasteiger charge is 2.26. The molecular weight excluding hydrogens is 350 g/mol. The Kier molecular flexibility index (Phi) is 7.43. The van der Waals surface area contributed by atoms with Gasteiger partial charge in [-0.25, -0.2) is 0 Å². The van der Waals surface area contributed by atoms with Crippen molar-refractivity contribution in [1.29, 1.82) is 0 Å². The summed E-state index contributed by atoms with van der Waals surface area (Å²) in [6.07, 6.45) is 5.44. The molecule has 0 saturated carbocycles. The van der Waals surface area contributed by atoms with Crippen LogP contribution in [0.15, 0.2) is 48.7 Å². The van der Waals surface area contributed by atoms with Gasteiger partial charge in [0.1, 0.15) is 5.75 Å². The molecule has 1 fully saturated rings. The molecule has 0 bridgehead atoms. The highest BCUT2D eigenvalue weighted by atomic mass is 16.5. The lowest BCUT2D eigenvalue weighted by molar-refractivity contribution is -0.135. The van der Waals surface area contributed by atoms with Crippen LogP contribution < -0.4 is 10.1 Å². The fourth-order valence-electron chi connectivity index (χ4n) is 3.83. The van der Waals surface area contributed by atoms with Gasteiger partial charge in [0.05, 0.1) is 19.3 Å². The van der Waals surface area contributed by atoms with Crippen molar-refractivity contribution in [1.82, 2.24) is 15.2 Å². The van der Waals surface area contributed by atoms with Crippen molar-refractivity contribution in [3.63, 3.8) is 0 Å². The van der Waals surface area contributed by atoms with Crippen molar-refractivity contribution in [3.05, 3.63) is 59.9 Å². The van der Waals surface area contributed by atoms with Crippen molar-refractivity contribution in [3.8, 4) is 5.75 Å². The lowest BCUT2D eigenvalue weighted by Crippen LogP contribution is -2.41. The highest BCUT2D eigenvalue weighted by Crippen LogP contribution is 2.25. The molecule has 1 amide bonds. The summed E-state index contributed by atoms with van der Waals surface area (Å²) in [5.74, 6) is 1.21. The Bertz CT molecular complexity index is 725. The average molecular weight is 382 g/mol. The van der Waals surface area contributed by atoms with Gasteiger partial charge in [-0.2, -0.15) is 0 Å². The van der Waals surface area contributed by atoms with Gasteiger partial charge >= 0.3 is 0 Å². The van der Waals surface area contributed by atoms with Crippen LogP contribution in [0, 0.1) is 0 Å². The fourth-order valence-corrected chi connectivity index (χ4v) is 3.83. The molecule has 1 aromatic heterocycles. The Balaban J connectivity index is 1.72. The maximum atomic E-state index is 13.3. The number of aromatic nitrogens is 1. The van der Waals surface area contributed by atoms with Gasteiger partial charge in [-0.05, 0) is 68.1 Å². The van der Waals surface area contributed by atoms with Crippen LogP contribution in [0.25, 0.3) is 0 Å². The quantitative estimate of drug-likeness (QED) is 0.794. The van der Waals surface area contributed by atoms with Gasteiger partial charge in [0.2, 0.25) is 5.91 Å². The van der Waals surface area contributed by atoms with Gasteiger partial charge < -0.3 is 15.0 Å². The molecule has 1 aliphatic heterocycles. The zero-order valence-corrected chi connectivity index (χ0v) is 16.9. The van der Waals surface area contributed by atoms with Crippen molar-refractivity contribution < 1.29 is 9.53 Å². The molecule has 2 heterocycles. The smallest absolute Gasteiger partial charge is 0.223 e. The van der Waals surface area contributed by atoms with Gasteiger partial charge in [0.15, 0.2) is 0 Å².